The summed E-state index contributed by atoms with van der Waals surface area (Å²) < 4.78 is 0. The Bertz CT molecular complexity index is 64.3. The Balaban J connectivity index is 0. The average molecular weight is 143 g/mol. The number of aliphatic hydroxyl groups is 1. The van der Waals surface area contributed by atoms with E-state index in [2.05, 4.69) is 0 Å². The summed E-state index contributed by atoms with van der Waals surface area (Å²) in [7, 11) is 0. The minimum absolute atomic E-state index is 0. The fourth-order valence-electron chi connectivity index (χ4n) is 0.188. The average Bonchev–Trinajstić information content (AvgIpc) is 1.61. The molecule has 0 saturated heterocycles. The van der Waals surface area contributed by atoms with Gasteiger partial charge in [-0.05, 0) is 6.42 Å². The van der Waals surface area contributed by atoms with Crippen molar-refractivity contribution in [2.75, 3.05) is 6.61 Å². The van der Waals surface area contributed by atoms with Crippen LogP contribution in [0.2, 0.25) is 0 Å². The normalized spacial score (nSPS) is 7.62. The van der Waals surface area contributed by atoms with Gasteiger partial charge in [0.2, 0.25) is 0 Å². The Kier molecular flexibility index (Phi) is 11.9. The zero-order valence-corrected chi connectivity index (χ0v) is 3.79. The SMILES string of the molecule is O=C(O)[CH]CCO.[KH]. The fourth-order valence-corrected chi connectivity index (χ4v) is 0.188. The molecule has 0 saturated carbocycles. The summed E-state index contributed by atoms with van der Waals surface area (Å²) in [5, 5.41) is 15.9. The van der Waals surface area contributed by atoms with Crippen molar-refractivity contribution in [3.05, 3.63) is 6.42 Å². The molecule has 43 valence electrons. The molecule has 0 aromatic rings. The molecule has 0 aromatic heterocycles. The summed E-state index contributed by atoms with van der Waals surface area (Å²) >= 11 is 0. The van der Waals surface area contributed by atoms with Crippen molar-refractivity contribution in [1.29, 1.82) is 0 Å². The van der Waals surface area contributed by atoms with E-state index in [1.54, 1.807) is 0 Å². The molecule has 0 rings (SSSR count). The molecule has 0 atom stereocenters. The number of carboxylic acids is 1. The van der Waals surface area contributed by atoms with E-state index in [4.69, 9.17) is 10.2 Å². The van der Waals surface area contributed by atoms with Crippen molar-refractivity contribution in [3.8, 4) is 0 Å². The number of rotatable bonds is 3. The molecule has 4 heteroatoms. The first-order valence-corrected chi connectivity index (χ1v) is 1.94. The van der Waals surface area contributed by atoms with Crippen LogP contribution in [-0.4, -0.2) is 74.2 Å². The van der Waals surface area contributed by atoms with Gasteiger partial charge in [0.05, 0.1) is 6.42 Å². The van der Waals surface area contributed by atoms with Crippen molar-refractivity contribution in [2.45, 2.75) is 6.42 Å². The number of carbonyl (C=O) groups is 1. The molecule has 0 aliphatic heterocycles. The molecule has 0 unspecified atom stereocenters. The monoisotopic (exact) mass is 143 g/mol. The van der Waals surface area contributed by atoms with E-state index < -0.39 is 5.97 Å². The first-order valence-electron chi connectivity index (χ1n) is 1.94. The van der Waals surface area contributed by atoms with E-state index in [1.165, 1.54) is 0 Å². The Morgan fingerprint density at radius 2 is 2.12 bits per heavy atom. The van der Waals surface area contributed by atoms with E-state index in [0.717, 1.165) is 6.42 Å². The second-order valence-corrected chi connectivity index (χ2v) is 1.05. The van der Waals surface area contributed by atoms with Crippen LogP contribution in [0, 0.1) is 6.42 Å². The predicted octanol–water partition coefficient (Wildman–Crippen LogP) is -0.991. The van der Waals surface area contributed by atoms with Crippen LogP contribution in [0.3, 0.4) is 0 Å². The summed E-state index contributed by atoms with van der Waals surface area (Å²) in [5.74, 6) is -0.978. The summed E-state index contributed by atoms with van der Waals surface area (Å²) in [6, 6.07) is 0. The van der Waals surface area contributed by atoms with Gasteiger partial charge in [-0.25, -0.2) is 0 Å². The Morgan fingerprint density at radius 3 is 2.25 bits per heavy atom. The third-order valence-corrected chi connectivity index (χ3v) is 0.448. The van der Waals surface area contributed by atoms with E-state index in [0.29, 0.717) is 0 Å². The van der Waals surface area contributed by atoms with E-state index >= 15 is 0 Å². The molecular formula is C4H8KO3. The van der Waals surface area contributed by atoms with Gasteiger partial charge in [0.15, 0.2) is 0 Å². The van der Waals surface area contributed by atoms with Gasteiger partial charge in [0, 0.05) is 6.61 Å². The number of hydrogen-bond donors (Lipinski definition) is 2. The minimum atomic E-state index is -0.978. The molecule has 2 N–H and O–H groups in total. The van der Waals surface area contributed by atoms with Crippen molar-refractivity contribution >= 4 is 57.4 Å². The van der Waals surface area contributed by atoms with Crippen LogP contribution in [0.25, 0.3) is 0 Å². The summed E-state index contributed by atoms with van der Waals surface area (Å²) in [6.45, 7) is -0.0910. The molecule has 3 nitrogen and oxygen atoms in total. The van der Waals surface area contributed by atoms with E-state index in [1.807, 2.05) is 0 Å². The number of aliphatic hydroxyl groups excluding tert-OH is 1. The van der Waals surface area contributed by atoms with Crippen LogP contribution in [0.4, 0.5) is 0 Å². The standard InChI is InChI=1S/C4H7O3.K.H/c5-3-1-2-4(6)7;;/h2,5H,1,3H2,(H,6,7);;. The van der Waals surface area contributed by atoms with Gasteiger partial charge >= 0.3 is 57.4 Å². The van der Waals surface area contributed by atoms with Crippen LogP contribution in [0.1, 0.15) is 6.42 Å². The van der Waals surface area contributed by atoms with E-state index in [9.17, 15) is 4.79 Å². The van der Waals surface area contributed by atoms with Gasteiger partial charge in [0.1, 0.15) is 0 Å². The van der Waals surface area contributed by atoms with Crippen LogP contribution in [0.5, 0.6) is 0 Å². The number of carboxylic acid groups (broad SMARTS) is 1. The Labute approximate surface area is 90.5 Å². The molecule has 0 bridgehead atoms. The van der Waals surface area contributed by atoms with E-state index in [-0.39, 0.29) is 64.4 Å². The van der Waals surface area contributed by atoms with Crippen molar-refractivity contribution < 1.29 is 15.0 Å². The van der Waals surface area contributed by atoms with Crippen LogP contribution in [-0.2, 0) is 4.79 Å². The molecule has 1 radical (unpaired) electrons. The molecule has 0 amide bonds. The van der Waals surface area contributed by atoms with Crippen molar-refractivity contribution in [3.63, 3.8) is 0 Å². The first-order chi connectivity index (χ1) is 3.27. The van der Waals surface area contributed by atoms with Gasteiger partial charge in [-0.3, -0.25) is 4.79 Å². The quantitative estimate of drug-likeness (QED) is 0.499. The maximum atomic E-state index is 9.59. The predicted molar refractivity (Wildman–Crippen MR) is 30.8 cm³/mol. The van der Waals surface area contributed by atoms with Gasteiger partial charge in [-0.2, -0.15) is 0 Å². The molecule has 0 fully saturated rings. The summed E-state index contributed by atoms with van der Waals surface area (Å²) in [5.41, 5.74) is 0. The fraction of sp³-hybridized carbons (Fsp3) is 0.500. The van der Waals surface area contributed by atoms with Gasteiger partial charge in [-0.1, -0.05) is 0 Å². The third-order valence-electron chi connectivity index (χ3n) is 0.448. The zero-order valence-electron chi connectivity index (χ0n) is 3.79. The van der Waals surface area contributed by atoms with Crippen LogP contribution in [0.15, 0.2) is 0 Å². The van der Waals surface area contributed by atoms with Crippen molar-refractivity contribution in [1.82, 2.24) is 0 Å². The molecule has 0 aromatic carbocycles. The Morgan fingerprint density at radius 1 is 1.62 bits per heavy atom. The molecule has 0 spiro atoms. The molecule has 0 aliphatic rings. The first kappa shape index (κ1) is 11.8. The molecule has 0 aliphatic carbocycles. The second kappa shape index (κ2) is 8.07. The topological polar surface area (TPSA) is 57.5 Å². The van der Waals surface area contributed by atoms with Crippen molar-refractivity contribution in [2.24, 2.45) is 0 Å². The van der Waals surface area contributed by atoms with Gasteiger partial charge < -0.3 is 10.2 Å². The van der Waals surface area contributed by atoms with Crippen LogP contribution < -0.4 is 0 Å². The molecule has 8 heavy (non-hydrogen) atoms. The van der Waals surface area contributed by atoms with Gasteiger partial charge in [-0.15, -0.1) is 0 Å². The Hall–Kier alpha value is 1.07. The molecule has 0 heterocycles. The summed E-state index contributed by atoms with van der Waals surface area (Å²) in [6.07, 6.45) is 1.25. The molecular weight excluding hydrogens is 135 g/mol. The second-order valence-electron chi connectivity index (χ2n) is 1.05. The zero-order chi connectivity index (χ0) is 5.70. The van der Waals surface area contributed by atoms with Crippen LogP contribution >= 0.6 is 0 Å². The third kappa shape index (κ3) is 10.1. The van der Waals surface area contributed by atoms with Gasteiger partial charge in [0.25, 0.3) is 0 Å². The summed E-state index contributed by atoms with van der Waals surface area (Å²) in [4.78, 5) is 9.59. The maximum absolute atomic E-state index is 9.59. The number of hydrogen-bond acceptors (Lipinski definition) is 2. The number of aliphatic carboxylic acids is 1.